The van der Waals surface area contributed by atoms with Crippen LogP contribution in [0, 0.1) is 0 Å². The van der Waals surface area contributed by atoms with Crippen molar-refractivity contribution in [3.63, 3.8) is 0 Å². The van der Waals surface area contributed by atoms with Crippen molar-refractivity contribution < 1.29 is 10.2 Å². The normalized spacial score (nSPS) is 18.6. The molecule has 1 aromatic heterocycles. The van der Waals surface area contributed by atoms with E-state index in [2.05, 4.69) is 20.2 Å². The van der Waals surface area contributed by atoms with Crippen molar-refractivity contribution in [1.29, 1.82) is 0 Å². The molecule has 6 nitrogen and oxygen atoms in total. The summed E-state index contributed by atoms with van der Waals surface area (Å²) in [4.78, 5) is 10.7. The third-order valence-corrected chi connectivity index (χ3v) is 4.37. The Morgan fingerprint density at radius 2 is 2.08 bits per heavy atom. The molecule has 2 unspecified atom stereocenters. The second-order valence-corrected chi connectivity index (χ2v) is 6.16. The van der Waals surface area contributed by atoms with E-state index in [0.717, 1.165) is 30.8 Å². The zero-order valence-corrected chi connectivity index (χ0v) is 13.7. The molecular weight excluding hydrogens is 304 g/mol. The Hall–Kier alpha value is -2.18. The van der Waals surface area contributed by atoms with Gasteiger partial charge in [0.15, 0.2) is 0 Å². The van der Waals surface area contributed by atoms with Gasteiger partial charge in [-0.3, -0.25) is 0 Å². The number of nitrogens with one attached hydrogen (secondary N) is 1. The van der Waals surface area contributed by atoms with Gasteiger partial charge in [0.2, 0.25) is 0 Å². The van der Waals surface area contributed by atoms with E-state index in [4.69, 9.17) is 0 Å². The summed E-state index contributed by atoms with van der Waals surface area (Å²) in [6, 6.07) is 11.9. The Morgan fingerprint density at radius 1 is 1.25 bits per heavy atom. The molecule has 1 aromatic carbocycles. The highest BCUT2D eigenvalue weighted by Gasteiger charge is 2.25. The van der Waals surface area contributed by atoms with Gasteiger partial charge in [-0.1, -0.05) is 30.3 Å². The van der Waals surface area contributed by atoms with Crippen LogP contribution in [0.3, 0.4) is 0 Å². The molecule has 3 N–H and O–H groups in total. The van der Waals surface area contributed by atoms with Crippen LogP contribution in [-0.2, 0) is 6.42 Å². The minimum atomic E-state index is -0.484. The number of aromatic nitrogens is 2. The highest BCUT2D eigenvalue weighted by atomic mass is 16.3. The van der Waals surface area contributed by atoms with Gasteiger partial charge in [0.1, 0.15) is 18.0 Å². The molecule has 1 aliphatic rings. The topological polar surface area (TPSA) is 81.5 Å². The minimum Gasteiger partial charge on any atom is -0.394 e. The monoisotopic (exact) mass is 328 g/mol. The number of benzene rings is 1. The molecule has 1 fully saturated rings. The molecule has 1 aliphatic heterocycles. The van der Waals surface area contributed by atoms with Gasteiger partial charge in [0.05, 0.1) is 18.8 Å². The van der Waals surface area contributed by atoms with Gasteiger partial charge in [0, 0.05) is 25.6 Å². The first-order valence-corrected chi connectivity index (χ1v) is 8.41. The smallest absolute Gasteiger partial charge is 0.134 e. The number of aliphatic hydroxyl groups excluding tert-OH is 2. The molecule has 128 valence electrons. The van der Waals surface area contributed by atoms with Crippen molar-refractivity contribution in [2.45, 2.75) is 31.4 Å². The second kappa shape index (κ2) is 8.08. The Morgan fingerprint density at radius 3 is 2.88 bits per heavy atom. The van der Waals surface area contributed by atoms with Crippen LogP contribution >= 0.6 is 0 Å². The van der Waals surface area contributed by atoms with Crippen molar-refractivity contribution in [3.8, 4) is 0 Å². The summed E-state index contributed by atoms with van der Waals surface area (Å²) in [5.74, 6) is 1.51. The average molecular weight is 328 g/mol. The van der Waals surface area contributed by atoms with Crippen LogP contribution in [0.4, 0.5) is 11.6 Å². The molecule has 6 heteroatoms. The molecule has 24 heavy (non-hydrogen) atoms. The fourth-order valence-corrected chi connectivity index (χ4v) is 3.11. The van der Waals surface area contributed by atoms with Gasteiger partial charge < -0.3 is 20.4 Å². The third kappa shape index (κ3) is 4.21. The highest BCUT2D eigenvalue weighted by Crippen LogP contribution is 2.24. The first-order valence-electron chi connectivity index (χ1n) is 8.41. The molecule has 0 spiro atoms. The predicted octanol–water partition coefficient (Wildman–Crippen LogP) is 1.45. The summed E-state index contributed by atoms with van der Waals surface area (Å²) in [6.45, 7) is 1.47. The Kier molecular flexibility index (Phi) is 5.61. The maximum absolute atomic E-state index is 10.2. The minimum absolute atomic E-state index is 0.136. The second-order valence-electron chi connectivity index (χ2n) is 6.16. The Labute approximate surface area is 142 Å². The van der Waals surface area contributed by atoms with Crippen molar-refractivity contribution in [2.24, 2.45) is 0 Å². The fourth-order valence-electron chi connectivity index (χ4n) is 3.11. The largest absolute Gasteiger partial charge is 0.394 e. The lowest BCUT2D eigenvalue weighted by atomic mass is 10.1. The quantitative estimate of drug-likeness (QED) is 0.714. The van der Waals surface area contributed by atoms with Crippen LogP contribution in [-0.4, -0.2) is 52.0 Å². The first-order chi connectivity index (χ1) is 11.8. The Balaban J connectivity index is 1.56. The van der Waals surface area contributed by atoms with Crippen LogP contribution in [0.5, 0.6) is 0 Å². The van der Waals surface area contributed by atoms with Gasteiger partial charge in [-0.05, 0) is 18.4 Å². The van der Waals surface area contributed by atoms with Gasteiger partial charge in [-0.25, -0.2) is 9.97 Å². The highest BCUT2D eigenvalue weighted by molar-refractivity contribution is 5.49. The van der Waals surface area contributed by atoms with E-state index in [0.29, 0.717) is 18.8 Å². The van der Waals surface area contributed by atoms with Gasteiger partial charge in [-0.15, -0.1) is 0 Å². The predicted molar refractivity (Wildman–Crippen MR) is 94.1 cm³/mol. The van der Waals surface area contributed by atoms with Crippen molar-refractivity contribution in [2.75, 3.05) is 29.9 Å². The van der Waals surface area contributed by atoms with Crippen LogP contribution in [0.25, 0.3) is 0 Å². The zero-order chi connectivity index (χ0) is 16.8. The third-order valence-electron chi connectivity index (χ3n) is 4.37. The Bertz CT molecular complexity index is 638. The summed E-state index contributed by atoms with van der Waals surface area (Å²) in [6.07, 6.45) is 3.69. The van der Waals surface area contributed by atoms with E-state index in [1.54, 1.807) is 0 Å². The molecule has 0 aliphatic carbocycles. The lowest BCUT2D eigenvalue weighted by Crippen LogP contribution is -2.32. The van der Waals surface area contributed by atoms with Crippen molar-refractivity contribution in [1.82, 2.24) is 9.97 Å². The zero-order valence-electron chi connectivity index (χ0n) is 13.7. The molecular formula is C18H24N4O2. The summed E-state index contributed by atoms with van der Waals surface area (Å²) in [5, 5.41) is 22.8. The number of anilines is 2. The molecule has 0 saturated carbocycles. The van der Waals surface area contributed by atoms with Crippen LogP contribution in [0.2, 0.25) is 0 Å². The van der Waals surface area contributed by atoms with Crippen molar-refractivity contribution >= 4 is 11.6 Å². The van der Waals surface area contributed by atoms with E-state index >= 15 is 0 Å². The summed E-state index contributed by atoms with van der Waals surface area (Å²) in [5.41, 5.74) is 1.11. The molecule has 0 amide bonds. The summed E-state index contributed by atoms with van der Waals surface area (Å²) < 4.78 is 0. The van der Waals surface area contributed by atoms with Crippen molar-refractivity contribution in [3.05, 3.63) is 48.3 Å². The number of nitrogens with zero attached hydrogens (tertiary/aromatic N) is 3. The molecule has 3 rings (SSSR count). The SMILES string of the molecule is OCC1CCCN1c1cc(NCC(O)Cc2ccccc2)ncn1. The molecule has 2 atom stereocenters. The van der Waals surface area contributed by atoms with E-state index in [9.17, 15) is 10.2 Å². The van der Waals surface area contributed by atoms with E-state index in [-0.39, 0.29) is 12.6 Å². The van der Waals surface area contributed by atoms with E-state index < -0.39 is 6.10 Å². The molecule has 1 saturated heterocycles. The van der Waals surface area contributed by atoms with E-state index in [1.165, 1.54) is 6.33 Å². The average Bonchev–Trinajstić information content (AvgIpc) is 3.10. The fraction of sp³-hybridized carbons (Fsp3) is 0.444. The molecule has 0 bridgehead atoms. The summed E-state index contributed by atoms with van der Waals surface area (Å²) >= 11 is 0. The van der Waals surface area contributed by atoms with Crippen LogP contribution in [0.15, 0.2) is 42.7 Å². The lowest BCUT2D eigenvalue weighted by molar-refractivity contribution is 0.188. The van der Waals surface area contributed by atoms with Gasteiger partial charge >= 0.3 is 0 Å². The van der Waals surface area contributed by atoms with Crippen LogP contribution in [0.1, 0.15) is 18.4 Å². The number of hydrogen-bond donors (Lipinski definition) is 3. The van der Waals surface area contributed by atoms with E-state index in [1.807, 2.05) is 36.4 Å². The number of rotatable bonds is 7. The lowest BCUT2D eigenvalue weighted by Gasteiger charge is -2.24. The van der Waals surface area contributed by atoms with Gasteiger partial charge in [0.25, 0.3) is 0 Å². The number of aliphatic hydroxyl groups is 2. The molecule has 2 aromatic rings. The first kappa shape index (κ1) is 16.7. The number of hydrogen-bond acceptors (Lipinski definition) is 6. The van der Waals surface area contributed by atoms with Gasteiger partial charge in [-0.2, -0.15) is 0 Å². The molecule has 0 radical (unpaired) electrons. The summed E-state index contributed by atoms with van der Waals surface area (Å²) in [7, 11) is 0. The maximum Gasteiger partial charge on any atom is 0.134 e. The van der Waals surface area contributed by atoms with Crippen LogP contribution < -0.4 is 10.2 Å². The molecule has 2 heterocycles. The standard InChI is InChI=1S/C18H24N4O2/c23-12-15-7-4-8-22(15)18-10-17(20-13-21-18)19-11-16(24)9-14-5-2-1-3-6-14/h1-3,5-6,10,13,15-16,23-24H,4,7-9,11-12H2,(H,19,20,21). The maximum atomic E-state index is 10.2.